The zero-order chi connectivity index (χ0) is 22.8. The van der Waals surface area contributed by atoms with Crippen molar-refractivity contribution in [3.05, 3.63) is 83.3 Å². The van der Waals surface area contributed by atoms with Gasteiger partial charge in [0, 0.05) is 26.3 Å². The molecule has 2 heterocycles. The van der Waals surface area contributed by atoms with Crippen LogP contribution in [0.1, 0.15) is 34.6 Å². The van der Waals surface area contributed by atoms with Crippen molar-refractivity contribution in [1.82, 2.24) is 19.2 Å². The molecule has 1 saturated heterocycles. The van der Waals surface area contributed by atoms with Gasteiger partial charge < -0.3 is 9.47 Å². The van der Waals surface area contributed by atoms with Crippen LogP contribution < -0.4 is 4.72 Å². The first kappa shape index (κ1) is 22.3. The van der Waals surface area contributed by atoms with Crippen molar-refractivity contribution in [2.24, 2.45) is 13.0 Å². The predicted molar refractivity (Wildman–Crippen MR) is 130 cm³/mol. The summed E-state index contributed by atoms with van der Waals surface area (Å²) in [7, 11) is -1.82. The molecule has 0 saturated carbocycles. The second-order valence-electron chi connectivity index (χ2n) is 9.47. The maximum atomic E-state index is 12.5. The molecule has 5 rings (SSSR count). The molecule has 3 aromatic rings. The standard InChI is InChI=1S/C26H32N4O2S/c1-29-18-26(27-19-29)33(31,32)28-11-10-21-8-9-22-16-23(17-30-12-5-13-30)25(24(22)15-21)14-20-6-3-2-4-7-20/h2-4,6-9,15,18-19,23,25,28H,5,10-14,16-17H2,1H3. The van der Waals surface area contributed by atoms with E-state index in [1.807, 2.05) is 0 Å². The molecule has 2 unspecified atom stereocenters. The van der Waals surface area contributed by atoms with Gasteiger partial charge in [-0.15, -0.1) is 0 Å². The lowest BCUT2D eigenvalue weighted by atomic mass is 9.85. The van der Waals surface area contributed by atoms with Crippen molar-refractivity contribution < 1.29 is 8.42 Å². The molecule has 2 aliphatic rings. The van der Waals surface area contributed by atoms with Crippen LogP contribution in [0.5, 0.6) is 0 Å². The maximum absolute atomic E-state index is 12.5. The van der Waals surface area contributed by atoms with Crippen LogP contribution >= 0.6 is 0 Å². The third-order valence-electron chi connectivity index (χ3n) is 7.06. The topological polar surface area (TPSA) is 67.2 Å². The Morgan fingerprint density at radius 3 is 2.61 bits per heavy atom. The molecule has 7 heteroatoms. The van der Waals surface area contributed by atoms with Crippen LogP contribution in [0.15, 0.2) is 66.1 Å². The van der Waals surface area contributed by atoms with E-state index in [-0.39, 0.29) is 5.03 Å². The number of imidazole rings is 1. The molecule has 1 N–H and O–H groups in total. The predicted octanol–water partition coefficient (Wildman–Crippen LogP) is 3.15. The number of benzene rings is 2. The molecule has 174 valence electrons. The Labute approximate surface area is 196 Å². The van der Waals surface area contributed by atoms with Crippen molar-refractivity contribution in [3.8, 4) is 0 Å². The zero-order valence-electron chi connectivity index (χ0n) is 19.2. The Morgan fingerprint density at radius 1 is 1.09 bits per heavy atom. The van der Waals surface area contributed by atoms with Gasteiger partial charge in [-0.1, -0.05) is 48.5 Å². The number of rotatable bonds is 9. The van der Waals surface area contributed by atoms with Gasteiger partial charge in [0.25, 0.3) is 10.0 Å². The number of fused-ring (bicyclic) bond motifs is 1. The van der Waals surface area contributed by atoms with Crippen LogP contribution in [0.3, 0.4) is 0 Å². The van der Waals surface area contributed by atoms with Crippen LogP contribution in [0, 0.1) is 5.92 Å². The molecule has 1 aliphatic heterocycles. The Hall–Kier alpha value is -2.48. The minimum absolute atomic E-state index is 0.0655. The van der Waals surface area contributed by atoms with Crippen LogP contribution in [0.2, 0.25) is 0 Å². The van der Waals surface area contributed by atoms with E-state index in [0.29, 0.717) is 24.8 Å². The molecule has 1 aromatic heterocycles. The number of aryl methyl sites for hydroxylation is 1. The molecular weight excluding hydrogens is 432 g/mol. The highest BCUT2D eigenvalue weighted by molar-refractivity contribution is 7.89. The first-order valence-electron chi connectivity index (χ1n) is 11.8. The Bertz CT molecular complexity index is 1200. The molecule has 0 radical (unpaired) electrons. The number of nitrogens with zero attached hydrogens (tertiary/aromatic N) is 3. The number of likely N-dealkylation sites (tertiary alicyclic amines) is 1. The fourth-order valence-electron chi connectivity index (χ4n) is 5.17. The lowest BCUT2D eigenvalue weighted by molar-refractivity contribution is 0.145. The number of aromatic nitrogens is 2. The third-order valence-corrected chi connectivity index (χ3v) is 8.41. The van der Waals surface area contributed by atoms with E-state index in [0.717, 1.165) is 12.8 Å². The van der Waals surface area contributed by atoms with Gasteiger partial charge in [0.05, 0.1) is 6.33 Å². The monoisotopic (exact) mass is 464 g/mol. The summed E-state index contributed by atoms with van der Waals surface area (Å²) in [5.74, 6) is 1.14. The number of nitrogens with one attached hydrogen (secondary N) is 1. The summed E-state index contributed by atoms with van der Waals surface area (Å²) in [6.45, 7) is 3.99. The molecule has 0 amide bonds. The minimum atomic E-state index is -3.58. The van der Waals surface area contributed by atoms with E-state index in [9.17, 15) is 8.42 Å². The van der Waals surface area contributed by atoms with E-state index < -0.39 is 10.0 Å². The van der Waals surface area contributed by atoms with Gasteiger partial charge in [-0.05, 0) is 72.9 Å². The van der Waals surface area contributed by atoms with Gasteiger partial charge in [0.2, 0.25) is 0 Å². The summed E-state index contributed by atoms with van der Waals surface area (Å²) >= 11 is 0. The first-order valence-corrected chi connectivity index (χ1v) is 13.3. The van der Waals surface area contributed by atoms with Gasteiger partial charge in [-0.2, -0.15) is 0 Å². The zero-order valence-corrected chi connectivity index (χ0v) is 20.0. The van der Waals surface area contributed by atoms with E-state index in [4.69, 9.17) is 0 Å². The van der Waals surface area contributed by atoms with Crippen LogP contribution in [-0.4, -0.2) is 49.0 Å². The number of sulfonamides is 1. The number of hydrogen-bond acceptors (Lipinski definition) is 4. The lowest BCUT2D eigenvalue weighted by Gasteiger charge is -2.35. The smallest absolute Gasteiger partial charge is 0.259 e. The largest absolute Gasteiger partial charge is 0.339 e. The van der Waals surface area contributed by atoms with Gasteiger partial charge in [-0.3, -0.25) is 0 Å². The van der Waals surface area contributed by atoms with Gasteiger partial charge >= 0.3 is 0 Å². The van der Waals surface area contributed by atoms with Crippen molar-refractivity contribution >= 4 is 10.0 Å². The maximum Gasteiger partial charge on any atom is 0.259 e. The molecule has 2 atom stereocenters. The SMILES string of the molecule is Cn1cnc(S(=O)(=O)NCCc2ccc3c(c2)C(Cc2ccccc2)C(CN2CCC2)C3)c1. The van der Waals surface area contributed by atoms with E-state index >= 15 is 0 Å². The fraction of sp³-hybridized carbons (Fsp3) is 0.423. The Balaban J connectivity index is 1.30. The van der Waals surface area contributed by atoms with Gasteiger partial charge in [-0.25, -0.2) is 18.1 Å². The highest BCUT2D eigenvalue weighted by Gasteiger charge is 2.34. The quantitative estimate of drug-likeness (QED) is 0.528. The van der Waals surface area contributed by atoms with Crippen molar-refractivity contribution in [3.63, 3.8) is 0 Å². The average Bonchev–Trinajstić information content (AvgIpc) is 3.36. The fourth-order valence-corrected chi connectivity index (χ4v) is 6.18. The van der Waals surface area contributed by atoms with Crippen LogP contribution in [0.4, 0.5) is 0 Å². The highest BCUT2D eigenvalue weighted by Crippen LogP contribution is 2.41. The molecular formula is C26H32N4O2S. The molecule has 0 bridgehead atoms. The molecule has 0 spiro atoms. The molecule has 2 aromatic carbocycles. The molecule has 1 aliphatic carbocycles. The van der Waals surface area contributed by atoms with Crippen molar-refractivity contribution in [2.75, 3.05) is 26.2 Å². The second-order valence-corrected chi connectivity index (χ2v) is 11.2. The van der Waals surface area contributed by atoms with Crippen molar-refractivity contribution in [1.29, 1.82) is 0 Å². The van der Waals surface area contributed by atoms with Crippen molar-refractivity contribution in [2.45, 2.75) is 36.6 Å². The summed E-state index contributed by atoms with van der Waals surface area (Å²) in [5.41, 5.74) is 5.48. The first-order chi connectivity index (χ1) is 16.0. The Kier molecular flexibility index (Phi) is 6.36. The second kappa shape index (κ2) is 9.41. The average molecular weight is 465 g/mol. The van der Waals surface area contributed by atoms with Gasteiger partial charge in [0.15, 0.2) is 5.03 Å². The molecule has 1 fully saturated rings. The molecule has 33 heavy (non-hydrogen) atoms. The normalized spacial score (nSPS) is 20.5. The van der Waals surface area contributed by atoms with Gasteiger partial charge in [0.1, 0.15) is 0 Å². The summed E-state index contributed by atoms with van der Waals surface area (Å²) in [5, 5.41) is 0.0655. The van der Waals surface area contributed by atoms with E-state index in [1.165, 1.54) is 60.8 Å². The summed E-state index contributed by atoms with van der Waals surface area (Å²) in [6.07, 6.45) is 7.19. The number of hydrogen-bond donors (Lipinski definition) is 1. The summed E-state index contributed by atoms with van der Waals surface area (Å²) < 4.78 is 29.3. The summed E-state index contributed by atoms with van der Waals surface area (Å²) in [6, 6.07) is 17.6. The van der Waals surface area contributed by atoms with E-state index in [1.54, 1.807) is 11.6 Å². The Morgan fingerprint density at radius 2 is 1.91 bits per heavy atom. The van der Waals surface area contributed by atoms with Crippen LogP contribution in [0.25, 0.3) is 0 Å². The van der Waals surface area contributed by atoms with Crippen LogP contribution in [-0.2, 0) is 36.3 Å². The highest BCUT2D eigenvalue weighted by atomic mass is 32.2. The summed E-state index contributed by atoms with van der Waals surface area (Å²) in [4.78, 5) is 6.55. The third kappa shape index (κ3) is 5.05. The van der Waals surface area contributed by atoms with E-state index in [2.05, 4.69) is 63.1 Å². The lowest BCUT2D eigenvalue weighted by Crippen LogP contribution is -2.41. The molecule has 6 nitrogen and oxygen atoms in total. The minimum Gasteiger partial charge on any atom is -0.339 e.